The summed E-state index contributed by atoms with van der Waals surface area (Å²) in [6.45, 7) is 8.71. The average Bonchev–Trinajstić information content (AvgIpc) is 2.68. The third-order valence-electron chi connectivity index (χ3n) is 4.79. The summed E-state index contributed by atoms with van der Waals surface area (Å²) in [5, 5.41) is 2.10. The van der Waals surface area contributed by atoms with Crippen LogP contribution in [0.25, 0.3) is 22.0 Å². The van der Waals surface area contributed by atoms with Gasteiger partial charge in [0.1, 0.15) is 5.84 Å². The van der Waals surface area contributed by atoms with E-state index in [1.54, 1.807) is 0 Å². The Morgan fingerprint density at radius 2 is 1.89 bits per heavy atom. The number of aliphatic imine (C=N–C) groups is 2. The predicted molar refractivity (Wildman–Crippen MR) is 121 cm³/mol. The van der Waals surface area contributed by atoms with Crippen molar-refractivity contribution in [3.63, 3.8) is 0 Å². The number of benzene rings is 2. The zero-order chi connectivity index (χ0) is 20.3. The van der Waals surface area contributed by atoms with Crippen LogP contribution in [-0.4, -0.2) is 43.1 Å². The van der Waals surface area contributed by atoms with Gasteiger partial charge in [0, 0.05) is 49.0 Å². The normalized spacial score (nSPS) is 11.6. The summed E-state index contributed by atoms with van der Waals surface area (Å²) < 4.78 is 0. The third kappa shape index (κ3) is 3.48. The van der Waals surface area contributed by atoms with Crippen LogP contribution in [0.3, 0.4) is 0 Å². The molecule has 0 aliphatic rings. The lowest BCUT2D eigenvalue weighted by Gasteiger charge is -2.20. The minimum Gasteiger partial charge on any atom is -0.398 e. The molecule has 0 bridgehead atoms. The van der Waals surface area contributed by atoms with Crippen molar-refractivity contribution < 1.29 is 0 Å². The molecule has 2 aromatic carbocycles. The average molecular weight is 374 g/mol. The van der Waals surface area contributed by atoms with E-state index in [1.807, 2.05) is 50.3 Å². The fourth-order valence-electron chi connectivity index (χ4n) is 3.49. The lowest BCUT2D eigenvalue weighted by molar-refractivity contribution is 0.618. The number of rotatable bonds is 5. The molecule has 28 heavy (non-hydrogen) atoms. The van der Waals surface area contributed by atoms with Gasteiger partial charge in [0.25, 0.3) is 0 Å². The van der Waals surface area contributed by atoms with Crippen LogP contribution in [0.5, 0.6) is 0 Å². The van der Waals surface area contributed by atoms with Gasteiger partial charge in [0.05, 0.1) is 16.9 Å². The van der Waals surface area contributed by atoms with E-state index in [0.29, 0.717) is 0 Å². The smallest absolute Gasteiger partial charge is 0.134 e. The number of nitrogens with zero attached hydrogens (tertiary/aromatic N) is 4. The van der Waals surface area contributed by atoms with Crippen molar-refractivity contribution in [3.05, 3.63) is 53.7 Å². The largest absolute Gasteiger partial charge is 0.398 e. The molecule has 5 nitrogen and oxygen atoms in total. The lowest BCUT2D eigenvalue weighted by atomic mass is 9.96. The Balaban J connectivity index is 2.26. The fraction of sp³-hybridized carbons (Fsp3) is 0.261. The van der Waals surface area contributed by atoms with E-state index >= 15 is 0 Å². The molecule has 144 valence electrons. The van der Waals surface area contributed by atoms with Crippen LogP contribution >= 0.6 is 0 Å². The Bertz CT molecular complexity index is 1050. The first-order valence-electron chi connectivity index (χ1n) is 9.45. The molecule has 1 heterocycles. The van der Waals surface area contributed by atoms with Gasteiger partial charge >= 0.3 is 0 Å². The lowest BCUT2D eigenvalue weighted by Crippen LogP contribution is -2.24. The van der Waals surface area contributed by atoms with Crippen LogP contribution in [0.4, 0.5) is 11.4 Å². The van der Waals surface area contributed by atoms with Gasteiger partial charge in [0.2, 0.25) is 0 Å². The van der Waals surface area contributed by atoms with E-state index < -0.39 is 0 Å². The molecule has 0 spiro atoms. The van der Waals surface area contributed by atoms with E-state index in [9.17, 15) is 0 Å². The van der Waals surface area contributed by atoms with Gasteiger partial charge in [-0.1, -0.05) is 37.3 Å². The van der Waals surface area contributed by atoms with Crippen molar-refractivity contribution in [2.75, 3.05) is 26.4 Å². The molecule has 0 saturated heterocycles. The summed E-state index contributed by atoms with van der Waals surface area (Å²) in [5.74, 6) is 0.865. The summed E-state index contributed by atoms with van der Waals surface area (Å²) >= 11 is 0. The van der Waals surface area contributed by atoms with E-state index in [1.165, 1.54) is 0 Å². The van der Waals surface area contributed by atoms with Crippen LogP contribution in [0.15, 0.2) is 52.6 Å². The highest BCUT2D eigenvalue weighted by molar-refractivity contribution is 6.07. The van der Waals surface area contributed by atoms with Crippen LogP contribution < -0.4 is 5.73 Å². The fourth-order valence-corrected chi connectivity index (χ4v) is 3.49. The molecule has 0 atom stereocenters. The van der Waals surface area contributed by atoms with Gasteiger partial charge in [-0.15, -0.1) is 0 Å². The number of aromatic nitrogens is 1. The Morgan fingerprint density at radius 3 is 2.54 bits per heavy atom. The van der Waals surface area contributed by atoms with Gasteiger partial charge in [-0.05, 0) is 31.5 Å². The Hall–Kier alpha value is -3.21. The SMILES string of the molecule is C=Nc1c(C(=NCCC)N(C)C)cnc(-c2cccc3cccc(N)c23)c1C. The van der Waals surface area contributed by atoms with Crippen molar-refractivity contribution in [2.45, 2.75) is 20.3 Å². The molecule has 0 aliphatic carbocycles. The zero-order valence-electron chi connectivity index (χ0n) is 17.0. The van der Waals surface area contributed by atoms with Gasteiger partial charge in [0.15, 0.2) is 0 Å². The predicted octanol–water partition coefficient (Wildman–Crippen LogP) is 4.84. The standard InChI is InChI=1S/C23H27N5/c1-6-13-26-23(28(4)5)18-14-27-22(15(2)21(18)25-3)17-11-7-9-16-10-8-12-19(24)20(16)17/h7-12,14H,3,6,13,24H2,1-2,4-5H3. The molecular formula is C23H27N5. The number of nitrogens with two attached hydrogens (primary N) is 1. The molecule has 0 saturated carbocycles. The molecule has 0 fully saturated rings. The first kappa shape index (κ1) is 19.5. The third-order valence-corrected chi connectivity index (χ3v) is 4.79. The summed E-state index contributed by atoms with van der Waals surface area (Å²) in [4.78, 5) is 15.9. The molecule has 0 unspecified atom stereocenters. The van der Waals surface area contributed by atoms with Crippen LogP contribution in [0, 0.1) is 6.92 Å². The summed E-state index contributed by atoms with van der Waals surface area (Å²) in [5.41, 5.74) is 11.6. The highest BCUT2D eigenvalue weighted by atomic mass is 15.1. The first-order valence-corrected chi connectivity index (χ1v) is 9.45. The van der Waals surface area contributed by atoms with Gasteiger partial charge in [-0.25, -0.2) is 0 Å². The second-order valence-corrected chi connectivity index (χ2v) is 7.00. The van der Waals surface area contributed by atoms with E-state index in [2.05, 4.69) is 36.8 Å². The van der Waals surface area contributed by atoms with Gasteiger partial charge in [-0.3, -0.25) is 15.0 Å². The minimum atomic E-state index is 0.741. The van der Waals surface area contributed by atoms with Gasteiger partial charge < -0.3 is 10.6 Å². The number of fused-ring (bicyclic) bond motifs is 1. The van der Waals surface area contributed by atoms with Crippen molar-refractivity contribution in [2.24, 2.45) is 9.98 Å². The van der Waals surface area contributed by atoms with Crippen LogP contribution in [0.1, 0.15) is 24.5 Å². The number of amidine groups is 1. The Kier molecular flexibility index (Phi) is 5.73. The number of pyridine rings is 1. The van der Waals surface area contributed by atoms with Crippen molar-refractivity contribution in [1.82, 2.24) is 9.88 Å². The number of anilines is 1. The molecular weight excluding hydrogens is 346 g/mol. The molecule has 2 N–H and O–H groups in total. The summed E-state index contributed by atoms with van der Waals surface area (Å²) in [6.07, 6.45) is 2.83. The molecule has 1 aromatic heterocycles. The molecule has 0 radical (unpaired) electrons. The molecule has 5 heteroatoms. The second-order valence-electron chi connectivity index (χ2n) is 7.00. The van der Waals surface area contributed by atoms with E-state index in [0.717, 1.165) is 63.3 Å². The maximum atomic E-state index is 6.30. The number of nitrogen functional groups attached to an aromatic ring is 1. The Labute approximate surface area is 166 Å². The van der Waals surface area contributed by atoms with Crippen molar-refractivity contribution >= 4 is 34.7 Å². The number of hydrogen-bond acceptors (Lipinski definition) is 4. The van der Waals surface area contributed by atoms with Crippen molar-refractivity contribution in [3.8, 4) is 11.3 Å². The van der Waals surface area contributed by atoms with Crippen molar-refractivity contribution in [1.29, 1.82) is 0 Å². The summed E-state index contributed by atoms with van der Waals surface area (Å²) in [6, 6.07) is 12.1. The molecule has 0 amide bonds. The van der Waals surface area contributed by atoms with Gasteiger partial charge in [-0.2, -0.15) is 0 Å². The quantitative estimate of drug-likeness (QED) is 0.395. The topological polar surface area (TPSA) is 66.9 Å². The molecule has 3 aromatic rings. The highest BCUT2D eigenvalue weighted by Gasteiger charge is 2.18. The first-order chi connectivity index (χ1) is 13.5. The zero-order valence-corrected chi connectivity index (χ0v) is 17.0. The number of hydrogen-bond donors (Lipinski definition) is 1. The second kappa shape index (κ2) is 8.21. The Morgan fingerprint density at radius 1 is 1.18 bits per heavy atom. The highest BCUT2D eigenvalue weighted by Crippen LogP contribution is 2.37. The maximum Gasteiger partial charge on any atom is 0.134 e. The van der Waals surface area contributed by atoms with Crippen LogP contribution in [0.2, 0.25) is 0 Å². The van der Waals surface area contributed by atoms with E-state index in [-0.39, 0.29) is 0 Å². The molecule has 0 aliphatic heterocycles. The van der Waals surface area contributed by atoms with E-state index in [4.69, 9.17) is 15.7 Å². The minimum absolute atomic E-state index is 0.741. The maximum absolute atomic E-state index is 6.30. The monoisotopic (exact) mass is 373 g/mol. The molecule has 3 rings (SSSR count). The van der Waals surface area contributed by atoms with Crippen LogP contribution in [-0.2, 0) is 0 Å². The summed E-state index contributed by atoms with van der Waals surface area (Å²) in [7, 11) is 3.96.